The lowest BCUT2D eigenvalue weighted by Gasteiger charge is -2.26. The summed E-state index contributed by atoms with van der Waals surface area (Å²) in [5.41, 5.74) is 3.00. The third-order valence-electron chi connectivity index (χ3n) is 6.95. The molecule has 3 N–H and O–H groups in total. The van der Waals surface area contributed by atoms with Gasteiger partial charge in [-0.1, -0.05) is 36.4 Å². The van der Waals surface area contributed by atoms with Crippen molar-refractivity contribution in [3.8, 4) is 17.1 Å². The average molecular weight is 591 g/mol. The molecule has 0 aliphatic carbocycles. The number of hydrogen-bond donors (Lipinski definition) is 3. The van der Waals surface area contributed by atoms with E-state index >= 15 is 0 Å². The maximum atomic E-state index is 12.5. The van der Waals surface area contributed by atoms with Gasteiger partial charge in [-0.25, -0.2) is 4.79 Å². The van der Waals surface area contributed by atoms with Gasteiger partial charge in [0.05, 0.1) is 17.3 Å². The van der Waals surface area contributed by atoms with E-state index in [4.69, 9.17) is 21.4 Å². The van der Waals surface area contributed by atoms with Crippen molar-refractivity contribution in [2.45, 2.75) is 12.1 Å². The number of aromatic carboxylic acids is 1. The van der Waals surface area contributed by atoms with Crippen molar-refractivity contribution in [2.75, 3.05) is 16.8 Å². The molecule has 1 fully saturated rings. The monoisotopic (exact) mass is 590 g/mol. The highest BCUT2D eigenvalue weighted by molar-refractivity contribution is 7.80. The fourth-order valence-corrected chi connectivity index (χ4v) is 5.31. The highest BCUT2D eigenvalue weighted by atomic mass is 32.1. The number of nitrogens with one attached hydrogen (secondary N) is 2. The number of hydrogen-bond acceptors (Lipinski definition) is 6. The molecule has 0 unspecified atom stereocenters. The summed E-state index contributed by atoms with van der Waals surface area (Å²) in [5.74, 6) is 0.481. The van der Waals surface area contributed by atoms with Gasteiger partial charge in [0.15, 0.2) is 11.7 Å². The van der Waals surface area contributed by atoms with Gasteiger partial charge in [-0.15, -0.1) is 0 Å². The van der Waals surface area contributed by atoms with E-state index < -0.39 is 12.0 Å². The minimum Gasteiger partial charge on any atom is -0.484 e. The van der Waals surface area contributed by atoms with Crippen molar-refractivity contribution in [2.24, 2.45) is 0 Å². The SMILES string of the molecule is O=C(COc1ccccc1)Nc1ccc(N2C(=S)N[C@H](c3ccccn3)[C@@H]2c2ccc(-c3cccc(C(=O)O)c3)o2)cc1. The maximum absolute atomic E-state index is 12.5. The van der Waals surface area contributed by atoms with E-state index in [0.717, 1.165) is 11.4 Å². The number of rotatable bonds is 9. The molecule has 10 heteroatoms. The van der Waals surface area contributed by atoms with Crippen molar-refractivity contribution >= 4 is 40.6 Å². The van der Waals surface area contributed by atoms with E-state index in [9.17, 15) is 14.7 Å². The Morgan fingerprint density at radius 1 is 0.953 bits per heavy atom. The van der Waals surface area contributed by atoms with Gasteiger partial charge in [0.2, 0.25) is 0 Å². The van der Waals surface area contributed by atoms with Crippen LogP contribution in [-0.2, 0) is 4.79 Å². The molecule has 1 aliphatic rings. The number of carbonyl (C=O) groups excluding carboxylic acids is 1. The Bertz CT molecular complexity index is 1760. The molecule has 1 amide bonds. The van der Waals surface area contributed by atoms with Crippen molar-refractivity contribution in [3.05, 3.63) is 132 Å². The molecule has 0 spiro atoms. The number of carboxylic acid groups (broad SMARTS) is 1. The number of aromatic nitrogens is 1. The summed E-state index contributed by atoms with van der Waals surface area (Å²) in [6.45, 7) is -0.115. The second kappa shape index (κ2) is 12.2. The fourth-order valence-electron chi connectivity index (χ4n) is 4.96. The van der Waals surface area contributed by atoms with Crippen LogP contribution in [0.3, 0.4) is 0 Å². The van der Waals surface area contributed by atoms with E-state index in [0.29, 0.717) is 33.6 Å². The molecule has 1 saturated heterocycles. The molecule has 9 nitrogen and oxygen atoms in total. The Balaban J connectivity index is 1.26. The quantitative estimate of drug-likeness (QED) is 0.172. The molecule has 0 bridgehead atoms. The highest BCUT2D eigenvalue weighted by Gasteiger charge is 2.42. The summed E-state index contributed by atoms with van der Waals surface area (Å²) < 4.78 is 11.9. The summed E-state index contributed by atoms with van der Waals surface area (Å²) in [4.78, 5) is 30.5. The van der Waals surface area contributed by atoms with Gasteiger partial charge in [0, 0.05) is 23.1 Å². The topological polar surface area (TPSA) is 117 Å². The number of amides is 1. The van der Waals surface area contributed by atoms with E-state index in [1.807, 2.05) is 65.6 Å². The van der Waals surface area contributed by atoms with Gasteiger partial charge in [-0.05, 0) is 85.0 Å². The largest absolute Gasteiger partial charge is 0.484 e. The lowest BCUT2D eigenvalue weighted by Crippen LogP contribution is -2.29. The van der Waals surface area contributed by atoms with Gasteiger partial charge in [0.1, 0.15) is 23.3 Å². The zero-order valence-electron chi connectivity index (χ0n) is 22.7. The molecule has 1 aliphatic heterocycles. The van der Waals surface area contributed by atoms with Gasteiger partial charge in [-0.3, -0.25) is 9.78 Å². The first-order valence-corrected chi connectivity index (χ1v) is 13.9. The second-order valence-electron chi connectivity index (χ2n) is 9.78. The Morgan fingerprint density at radius 3 is 2.49 bits per heavy atom. The van der Waals surface area contributed by atoms with Crippen LogP contribution in [0.2, 0.25) is 0 Å². The molecule has 6 rings (SSSR count). The molecule has 5 aromatic rings. The molecule has 214 valence electrons. The lowest BCUT2D eigenvalue weighted by atomic mass is 10.0. The van der Waals surface area contributed by atoms with Crippen molar-refractivity contribution in [3.63, 3.8) is 0 Å². The van der Waals surface area contributed by atoms with Crippen LogP contribution in [0.15, 0.2) is 120 Å². The molecule has 2 atom stereocenters. The van der Waals surface area contributed by atoms with Crippen LogP contribution in [-0.4, -0.2) is 33.7 Å². The number of furan rings is 1. The van der Waals surface area contributed by atoms with Crippen LogP contribution in [0.4, 0.5) is 11.4 Å². The van der Waals surface area contributed by atoms with E-state index in [1.54, 1.807) is 48.7 Å². The normalized spacial score (nSPS) is 16.0. The third kappa shape index (κ3) is 6.09. The molecule has 43 heavy (non-hydrogen) atoms. The molecular formula is C33H26N4O5S. The van der Waals surface area contributed by atoms with Crippen molar-refractivity contribution in [1.29, 1.82) is 0 Å². The number of carbonyl (C=O) groups is 2. The molecule has 0 radical (unpaired) electrons. The summed E-state index contributed by atoms with van der Waals surface area (Å²) >= 11 is 5.80. The van der Waals surface area contributed by atoms with Crippen molar-refractivity contribution in [1.82, 2.24) is 10.3 Å². The van der Waals surface area contributed by atoms with Crippen molar-refractivity contribution < 1.29 is 23.8 Å². The highest BCUT2D eigenvalue weighted by Crippen LogP contribution is 2.43. The Morgan fingerprint density at radius 2 is 1.74 bits per heavy atom. The first-order valence-electron chi connectivity index (χ1n) is 13.5. The number of nitrogens with zero attached hydrogens (tertiary/aromatic N) is 2. The molecule has 3 aromatic carbocycles. The number of pyridine rings is 1. The minimum absolute atomic E-state index is 0.115. The summed E-state index contributed by atoms with van der Waals surface area (Å²) in [6, 6.07) is 31.7. The fraction of sp³-hybridized carbons (Fsp3) is 0.0909. The Kier molecular flexibility index (Phi) is 7.84. The van der Waals surface area contributed by atoms with Crippen LogP contribution < -0.4 is 20.3 Å². The number of benzene rings is 3. The molecular weight excluding hydrogens is 564 g/mol. The number of ether oxygens (including phenoxy) is 1. The van der Waals surface area contributed by atoms with Gasteiger partial charge in [0.25, 0.3) is 5.91 Å². The van der Waals surface area contributed by atoms with Crippen LogP contribution >= 0.6 is 12.2 Å². The molecule has 0 saturated carbocycles. The third-order valence-corrected chi connectivity index (χ3v) is 7.27. The predicted octanol–water partition coefficient (Wildman–Crippen LogP) is 6.23. The Labute approximate surface area is 252 Å². The van der Waals surface area contributed by atoms with Gasteiger partial charge < -0.3 is 29.8 Å². The number of thiocarbonyl (C=S) groups is 1. The Hall–Kier alpha value is -5.48. The average Bonchev–Trinajstić information content (AvgIpc) is 3.66. The summed E-state index contributed by atoms with van der Waals surface area (Å²) in [7, 11) is 0. The first-order chi connectivity index (χ1) is 21.0. The van der Waals surface area contributed by atoms with Crippen LogP contribution in [0.5, 0.6) is 5.75 Å². The van der Waals surface area contributed by atoms with E-state index in [1.165, 1.54) is 6.07 Å². The molecule has 2 aromatic heterocycles. The first kappa shape index (κ1) is 27.7. The van der Waals surface area contributed by atoms with Crippen LogP contribution in [0.25, 0.3) is 11.3 Å². The lowest BCUT2D eigenvalue weighted by molar-refractivity contribution is -0.118. The molecule has 3 heterocycles. The standard InChI is InChI=1S/C33H26N4O5S/c38-29(20-41-25-9-2-1-3-10-25)35-23-12-14-24(15-13-23)37-31(30(36-33(37)43)26-11-4-5-18-34-26)28-17-16-27(42-28)21-7-6-8-22(19-21)32(39)40/h1-19,30-31H,20H2,(H,35,38)(H,36,43)(H,39,40)/t30-,31+/m1/s1. The van der Waals surface area contributed by atoms with E-state index in [-0.39, 0.29) is 24.1 Å². The zero-order chi connectivity index (χ0) is 29.8. The number of para-hydroxylation sites is 1. The minimum atomic E-state index is -1.01. The number of carboxylic acids is 1. The van der Waals surface area contributed by atoms with E-state index in [2.05, 4.69) is 15.6 Å². The van der Waals surface area contributed by atoms with Crippen LogP contribution in [0, 0.1) is 0 Å². The summed E-state index contributed by atoms with van der Waals surface area (Å²) in [6.07, 6.45) is 1.73. The maximum Gasteiger partial charge on any atom is 0.335 e. The zero-order valence-corrected chi connectivity index (χ0v) is 23.5. The predicted molar refractivity (Wildman–Crippen MR) is 166 cm³/mol. The smallest absolute Gasteiger partial charge is 0.335 e. The van der Waals surface area contributed by atoms with Gasteiger partial charge in [-0.2, -0.15) is 0 Å². The number of anilines is 2. The second-order valence-corrected chi connectivity index (χ2v) is 10.2. The summed E-state index contributed by atoms with van der Waals surface area (Å²) in [5, 5.41) is 16.2. The van der Waals surface area contributed by atoms with Crippen LogP contribution in [0.1, 0.15) is 33.9 Å². The van der Waals surface area contributed by atoms with Gasteiger partial charge >= 0.3 is 5.97 Å².